The summed E-state index contributed by atoms with van der Waals surface area (Å²) in [6, 6.07) is 33.3. The molecule has 4 aromatic rings. The number of hydrogen-bond donors (Lipinski definition) is 3. The summed E-state index contributed by atoms with van der Waals surface area (Å²) in [5, 5.41) is 2.87. The lowest BCUT2D eigenvalue weighted by atomic mass is 9.80. The monoisotopic (exact) mass is 866 g/mol. The SMILES string of the molecule is CCOC(=O)CCNC(=O)C(Cc1ccc(-c2ccccc2)cc1)N(CC1(OC(=O)c2ccccc2)CCCCC1)C(CC1(OC(=O)c2ccccc2)CCCCC1)P(=O)(O)O. The maximum absolute atomic E-state index is 14.8. The number of rotatable bonds is 19. The van der Waals surface area contributed by atoms with Crippen LogP contribution in [0.1, 0.15) is 110 Å². The van der Waals surface area contributed by atoms with Gasteiger partial charge in [0.15, 0.2) is 0 Å². The Hall–Kier alpha value is -5.13. The van der Waals surface area contributed by atoms with Gasteiger partial charge in [-0.1, -0.05) is 104 Å². The van der Waals surface area contributed by atoms with Gasteiger partial charge in [-0.25, -0.2) is 9.59 Å². The van der Waals surface area contributed by atoms with Crippen molar-refractivity contribution in [3.05, 3.63) is 132 Å². The van der Waals surface area contributed by atoms with E-state index >= 15 is 0 Å². The van der Waals surface area contributed by atoms with Gasteiger partial charge in [0.2, 0.25) is 5.91 Å². The van der Waals surface area contributed by atoms with Crippen LogP contribution < -0.4 is 5.32 Å². The molecule has 12 nitrogen and oxygen atoms in total. The largest absolute Gasteiger partial charge is 0.466 e. The van der Waals surface area contributed by atoms with Crippen LogP contribution >= 0.6 is 7.60 Å². The lowest BCUT2D eigenvalue weighted by Crippen LogP contribution is -2.60. The first-order chi connectivity index (χ1) is 29.9. The summed E-state index contributed by atoms with van der Waals surface area (Å²) in [5.41, 5.74) is 0.787. The van der Waals surface area contributed by atoms with E-state index in [0.29, 0.717) is 68.1 Å². The number of hydrogen-bond acceptors (Lipinski definition) is 9. The van der Waals surface area contributed by atoms with E-state index < -0.39 is 54.4 Å². The van der Waals surface area contributed by atoms with E-state index in [0.717, 1.165) is 24.0 Å². The van der Waals surface area contributed by atoms with Gasteiger partial charge in [0, 0.05) is 19.5 Å². The van der Waals surface area contributed by atoms with Crippen LogP contribution in [0.2, 0.25) is 0 Å². The molecule has 0 heterocycles. The van der Waals surface area contributed by atoms with Gasteiger partial charge in [-0.15, -0.1) is 0 Å². The molecular formula is C49H59N2O10P. The lowest BCUT2D eigenvalue weighted by molar-refractivity contribution is -0.143. The van der Waals surface area contributed by atoms with Gasteiger partial charge in [0.05, 0.1) is 30.2 Å². The summed E-state index contributed by atoms with van der Waals surface area (Å²) >= 11 is 0. The Bertz CT molecular complexity index is 2120. The van der Waals surface area contributed by atoms with Crippen LogP contribution in [-0.4, -0.2) is 81.2 Å². The van der Waals surface area contributed by atoms with E-state index in [-0.39, 0.29) is 39.0 Å². The highest BCUT2D eigenvalue weighted by molar-refractivity contribution is 7.52. The zero-order valence-corrected chi connectivity index (χ0v) is 36.4. The topological polar surface area (TPSA) is 169 Å². The van der Waals surface area contributed by atoms with Crippen LogP contribution in [0.15, 0.2) is 115 Å². The predicted molar refractivity (Wildman–Crippen MR) is 236 cm³/mol. The van der Waals surface area contributed by atoms with Gasteiger partial charge >= 0.3 is 25.5 Å². The molecular weight excluding hydrogens is 808 g/mol. The van der Waals surface area contributed by atoms with Crippen molar-refractivity contribution >= 4 is 31.4 Å². The molecule has 2 saturated carbocycles. The molecule has 0 radical (unpaired) electrons. The number of nitrogens with one attached hydrogen (secondary N) is 1. The molecule has 330 valence electrons. The third-order valence-electron chi connectivity index (χ3n) is 12.1. The molecule has 2 aliphatic rings. The molecule has 0 aliphatic heterocycles. The third-order valence-corrected chi connectivity index (χ3v) is 13.3. The molecule has 4 aromatic carbocycles. The van der Waals surface area contributed by atoms with E-state index in [4.69, 9.17) is 14.2 Å². The molecule has 2 atom stereocenters. The number of nitrogens with zero attached hydrogens (tertiary/aromatic N) is 1. The summed E-state index contributed by atoms with van der Waals surface area (Å²) in [7, 11) is -5.20. The first kappa shape index (κ1) is 46.4. The minimum Gasteiger partial charge on any atom is -0.466 e. The van der Waals surface area contributed by atoms with E-state index in [1.807, 2.05) is 54.6 Å². The van der Waals surface area contributed by atoms with Crippen molar-refractivity contribution in [2.75, 3.05) is 19.7 Å². The third kappa shape index (κ3) is 12.7. The summed E-state index contributed by atoms with van der Waals surface area (Å²) < 4.78 is 32.2. The summed E-state index contributed by atoms with van der Waals surface area (Å²) in [6.07, 6.45) is 5.57. The minimum atomic E-state index is -5.20. The van der Waals surface area contributed by atoms with Crippen LogP contribution in [0, 0.1) is 0 Å². The Morgan fingerprint density at radius 2 is 1.16 bits per heavy atom. The first-order valence-corrected chi connectivity index (χ1v) is 23.5. The number of benzene rings is 4. The van der Waals surface area contributed by atoms with Crippen molar-refractivity contribution in [1.82, 2.24) is 10.2 Å². The molecule has 13 heteroatoms. The van der Waals surface area contributed by atoms with Crippen LogP contribution in [0.25, 0.3) is 11.1 Å². The molecule has 1 amide bonds. The molecule has 2 aliphatic carbocycles. The molecule has 62 heavy (non-hydrogen) atoms. The Morgan fingerprint density at radius 1 is 0.677 bits per heavy atom. The van der Waals surface area contributed by atoms with E-state index in [9.17, 15) is 33.5 Å². The van der Waals surface area contributed by atoms with Crippen molar-refractivity contribution in [3.8, 4) is 11.1 Å². The van der Waals surface area contributed by atoms with Gasteiger partial charge in [0.1, 0.15) is 17.0 Å². The average molecular weight is 867 g/mol. The number of esters is 3. The maximum Gasteiger partial charge on any atom is 0.342 e. The van der Waals surface area contributed by atoms with Gasteiger partial charge < -0.3 is 29.3 Å². The molecule has 0 aromatic heterocycles. The highest BCUT2D eigenvalue weighted by atomic mass is 31.2. The van der Waals surface area contributed by atoms with Crippen LogP contribution in [0.4, 0.5) is 0 Å². The highest BCUT2D eigenvalue weighted by Gasteiger charge is 2.51. The van der Waals surface area contributed by atoms with Crippen LogP contribution in [0.5, 0.6) is 0 Å². The van der Waals surface area contributed by atoms with E-state index in [2.05, 4.69) is 5.32 Å². The molecule has 2 unspecified atom stereocenters. The number of carbonyl (C=O) groups excluding carboxylic acids is 4. The summed E-state index contributed by atoms with van der Waals surface area (Å²) in [4.78, 5) is 79.7. The van der Waals surface area contributed by atoms with Gasteiger partial charge in [-0.05, 0) is 106 Å². The molecule has 0 spiro atoms. The number of ether oxygens (including phenoxy) is 3. The lowest BCUT2D eigenvalue weighted by Gasteiger charge is -2.48. The highest BCUT2D eigenvalue weighted by Crippen LogP contribution is 2.52. The zero-order valence-electron chi connectivity index (χ0n) is 35.5. The van der Waals surface area contributed by atoms with Gasteiger partial charge in [-0.2, -0.15) is 0 Å². The summed E-state index contributed by atoms with van der Waals surface area (Å²) in [5.74, 6) is -3.90. The maximum atomic E-state index is 14.8. The zero-order chi connectivity index (χ0) is 44.0. The molecule has 6 rings (SSSR count). The normalized spacial score (nSPS) is 17.0. The first-order valence-electron chi connectivity index (χ1n) is 21.8. The van der Waals surface area contributed by atoms with Crippen LogP contribution in [-0.2, 0) is 34.8 Å². The molecule has 0 saturated heterocycles. The molecule has 2 fully saturated rings. The van der Waals surface area contributed by atoms with E-state index in [1.54, 1.807) is 67.6 Å². The standard InChI is InChI=1S/C49H59N2O10P/c1-2-59-44(52)28-33-50-45(53)42(34-37-24-26-39(27-25-37)38-18-8-3-9-19-38)51(36-49(31-16-7-17-32-49)61-47(55)41-22-12-5-13-23-41)43(62(56,57)58)35-48(29-14-6-15-30-48)60-46(54)40-20-10-4-11-21-40/h3-5,8-13,18-27,42-43H,2,6-7,14-17,28-36H2,1H3,(H,50,53)(H2,56,57,58). The Balaban J connectivity index is 1.45. The Kier molecular flexibility index (Phi) is 16.3. The molecule has 3 N–H and O–H groups in total. The van der Waals surface area contributed by atoms with Crippen molar-refractivity contribution in [2.24, 2.45) is 0 Å². The van der Waals surface area contributed by atoms with Crippen molar-refractivity contribution < 1.29 is 47.7 Å². The van der Waals surface area contributed by atoms with Crippen molar-refractivity contribution in [1.29, 1.82) is 0 Å². The second-order valence-electron chi connectivity index (χ2n) is 16.6. The second-order valence-corrected chi connectivity index (χ2v) is 18.3. The van der Waals surface area contributed by atoms with Gasteiger partial charge in [0.25, 0.3) is 0 Å². The van der Waals surface area contributed by atoms with Crippen molar-refractivity contribution in [3.63, 3.8) is 0 Å². The fourth-order valence-corrected chi connectivity index (χ4v) is 10.1. The fourth-order valence-electron chi connectivity index (χ4n) is 8.90. The Morgan fingerprint density at radius 3 is 1.68 bits per heavy atom. The predicted octanol–water partition coefficient (Wildman–Crippen LogP) is 8.65. The van der Waals surface area contributed by atoms with Crippen molar-refractivity contribution in [2.45, 2.75) is 113 Å². The van der Waals surface area contributed by atoms with Crippen LogP contribution in [0.3, 0.4) is 0 Å². The summed E-state index contributed by atoms with van der Waals surface area (Å²) in [6.45, 7) is 1.59. The van der Waals surface area contributed by atoms with E-state index in [1.165, 1.54) is 4.90 Å². The Labute approximate surface area is 364 Å². The average Bonchev–Trinajstić information content (AvgIpc) is 3.28. The number of amides is 1. The second kappa shape index (κ2) is 21.8. The quantitative estimate of drug-likeness (QED) is 0.0469. The fraction of sp³-hybridized carbons (Fsp3) is 0.429. The minimum absolute atomic E-state index is 0.0102. The molecule has 0 bridgehead atoms. The smallest absolute Gasteiger partial charge is 0.342 e. The number of carbonyl (C=O) groups is 4. The van der Waals surface area contributed by atoms with Gasteiger partial charge in [-0.3, -0.25) is 19.1 Å².